The zero-order valence-electron chi connectivity index (χ0n) is 9.50. The molecule has 1 heterocycles. The Balaban J connectivity index is 0.00000128. The van der Waals surface area contributed by atoms with E-state index in [1.165, 1.54) is 0 Å². The van der Waals surface area contributed by atoms with Crippen molar-refractivity contribution in [2.75, 3.05) is 31.1 Å². The average Bonchev–Trinajstić information content (AvgIpc) is 2.30. The Hall–Kier alpha value is -0.800. The van der Waals surface area contributed by atoms with Gasteiger partial charge in [0.2, 0.25) is 0 Å². The summed E-state index contributed by atoms with van der Waals surface area (Å²) in [5.41, 5.74) is 1.92. The SMILES string of the molecule is CCc1c(F)cccc1N1CCNCC1.Cl. The van der Waals surface area contributed by atoms with E-state index in [2.05, 4.69) is 10.2 Å². The molecule has 0 spiro atoms. The van der Waals surface area contributed by atoms with Crippen molar-refractivity contribution in [3.05, 3.63) is 29.6 Å². The predicted octanol–water partition coefficient (Wildman–Crippen LogP) is 2.22. The van der Waals surface area contributed by atoms with Crippen molar-refractivity contribution >= 4 is 18.1 Å². The lowest BCUT2D eigenvalue weighted by atomic mass is 10.1. The molecule has 2 nitrogen and oxygen atoms in total. The normalized spacial score (nSPS) is 15.8. The van der Waals surface area contributed by atoms with Crippen LogP contribution in [0.5, 0.6) is 0 Å². The molecule has 1 aliphatic heterocycles. The van der Waals surface area contributed by atoms with E-state index < -0.39 is 0 Å². The summed E-state index contributed by atoms with van der Waals surface area (Å²) in [7, 11) is 0. The van der Waals surface area contributed by atoms with Gasteiger partial charge in [-0.1, -0.05) is 13.0 Å². The van der Waals surface area contributed by atoms with Gasteiger partial charge >= 0.3 is 0 Å². The lowest BCUT2D eigenvalue weighted by molar-refractivity contribution is 0.579. The third-order valence-corrected chi connectivity index (χ3v) is 2.91. The Morgan fingerprint density at radius 1 is 1.31 bits per heavy atom. The van der Waals surface area contributed by atoms with Crippen molar-refractivity contribution in [1.82, 2.24) is 5.32 Å². The Labute approximate surface area is 102 Å². The van der Waals surface area contributed by atoms with E-state index in [9.17, 15) is 4.39 Å². The molecule has 0 unspecified atom stereocenters. The smallest absolute Gasteiger partial charge is 0.128 e. The fourth-order valence-electron chi connectivity index (χ4n) is 2.10. The van der Waals surface area contributed by atoms with E-state index in [-0.39, 0.29) is 18.2 Å². The molecule has 90 valence electrons. The molecule has 0 saturated carbocycles. The van der Waals surface area contributed by atoms with Crippen molar-refractivity contribution in [1.29, 1.82) is 0 Å². The third kappa shape index (κ3) is 2.66. The summed E-state index contributed by atoms with van der Waals surface area (Å²) in [6.07, 6.45) is 0.756. The molecule has 1 aromatic carbocycles. The first-order valence-corrected chi connectivity index (χ1v) is 5.56. The van der Waals surface area contributed by atoms with Crippen LogP contribution in [0.15, 0.2) is 18.2 Å². The van der Waals surface area contributed by atoms with Gasteiger partial charge in [-0.25, -0.2) is 4.39 Å². The van der Waals surface area contributed by atoms with Crippen LogP contribution in [0, 0.1) is 5.82 Å². The van der Waals surface area contributed by atoms with E-state index in [4.69, 9.17) is 0 Å². The molecular weight excluding hydrogens is 227 g/mol. The summed E-state index contributed by atoms with van der Waals surface area (Å²) in [6, 6.07) is 5.36. The largest absolute Gasteiger partial charge is 0.369 e. The van der Waals surface area contributed by atoms with Crippen molar-refractivity contribution in [2.24, 2.45) is 0 Å². The number of nitrogens with zero attached hydrogens (tertiary/aromatic N) is 1. The second-order valence-electron chi connectivity index (χ2n) is 3.83. The molecule has 0 radical (unpaired) electrons. The van der Waals surface area contributed by atoms with E-state index in [1.54, 1.807) is 12.1 Å². The molecular formula is C12H18ClFN2. The minimum atomic E-state index is -0.0754. The minimum absolute atomic E-state index is 0. The van der Waals surface area contributed by atoms with Crippen molar-refractivity contribution in [3.63, 3.8) is 0 Å². The summed E-state index contributed by atoms with van der Waals surface area (Å²) < 4.78 is 13.6. The second kappa shape index (κ2) is 6.06. The monoisotopic (exact) mass is 244 g/mol. The number of rotatable bonds is 2. The Morgan fingerprint density at radius 3 is 2.62 bits per heavy atom. The Morgan fingerprint density at radius 2 is 2.00 bits per heavy atom. The van der Waals surface area contributed by atoms with Gasteiger partial charge in [0.1, 0.15) is 5.82 Å². The summed E-state index contributed by atoms with van der Waals surface area (Å²) in [5.74, 6) is -0.0754. The van der Waals surface area contributed by atoms with Crippen LogP contribution in [0.4, 0.5) is 10.1 Å². The number of benzene rings is 1. The van der Waals surface area contributed by atoms with Crippen LogP contribution in [0.2, 0.25) is 0 Å². The Kier molecular flexibility index (Phi) is 5.03. The summed E-state index contributed by atoms with van der Waals surface area (Å²) in [4.78, 5) is 2.26. The maximum atomic E-state index is 13.6. The fraction of sp³-hybridized carbons (Fsp3) is 0.500. The topological polar surface area (TPSA) is 15.3 Å². The number of nitrogens with one attached hydrogen (secondary N) is 1. The highest BCUT2D eigenvalue weighted by molar-refractivity contribution is 5.85. The molecule has 1 aromatic rings. The van der Waals surface area contributed by atoms with Crippen LogP contribution in [0.1, 0.15) is 12.5 Å². The summed E-state index contributed by atoms with van der Waals surface area (Å²) in [5, 5.41) is 3.30. The molecule has 0 amide bonds. The van der Waals surface area contributed by atoms with Gasteiger partial charge in [-0.2, -0.15) is 0 Å². The summed E-state index contributed by atoms with van der Waals surface area (Å²) in [6.45, 7) is 5.91. The Bertz CT molecular complexity index is 338. The van der Waals surface area contributed by atoms with Crippen LogP contribution < -0.4 is 10.2 Å². The van der Waals surface area contributed by atoms with E-state index in [1.807, 2.05) is 13.0 Å². The number of halogens is 2. The fourth-order valence-corrected chi connectivity index (χ4v) is 2.10. The van der Waals surface area contributed by atoms with Gasteiger partial charge in [-0.05, 0) is 18.6 Å². The first-order valence-electron chi connectivity index (χ1n) is 5.56. The van der Waals surface area contributed by atoms with Gasteiger partial charge in [0.05, 0.1) is 0 Å². The second-order valence-corrected chi connectivity index (χ2v) is 3.83. The van der Waals surface area contributed by atoms with Gasteiger partial charge < -0.3 is 10.2 Å². The van der Waals surface area contributed by atoms with Crippen molar-refractivity contribution < 1.29 is 4.39 Å². The van der Waals surface area contributed by atoms with Crippen LogP contribution in [-0.4, -0.2) is 26.2 Å². The number of hydrogen-bond acceptors (Lipinski definition) is 2. The standard InChI is InChI=1S/C12H17FN2.ClH/c1-2-10-11(13)4-3-5-12(10)15-8-6-14-7-9-15;/h3-5,14H,2,6-9H2,1H3;1H. The van der Waals surface area contributed by atoms with Crippen molar-refractivity contribution in [2.45, 2.75) is 13.3 Å². The number of piperazine rings is 1. The molecule has 1 saturated heterocycles. The van der Waals surface area contributed by atoms with Gasteiger partial charge in [0, 0.05) is 37.4 Å². The van der Waals surface area contributed by atoms with Crippen LogP contribution in [-0.2, 0) is 6.42 Å². The van der Waals surface area contributed by atoms with Crippen LogP contribution in [0.25, 0.3) is 0 Å². The molecule has 0 atom stereocenters. The van der Waals surface area contributed by atoms with E-state index in [0.29, 0.717) is 0 Å². The highest BCUT2D eigenvalue weighted by atomic mass is 35.5. The number of anilines is 1. The zero-order chi connectivity index (χ0) is 10.7. The molecule has 1 N–H and O–H groups in total. The van der Waals surface area contributed by atoms with Gasteiger partial charge in [-0.3, -0.25) is 0 Å². The average molecular weight is 245 g/mol. The quantitative estimate of drug-likeness (QED) is 0.858. The molecule has 0 aromatic heterocycles. The molecule has 16 heavy (non-hydrogen) atoms. The van der Waals surface area contributed by atoms with Crippen molar-refractivity contribution in [3.8, 4) is 0 Å². The van der Waals surface area contributed by atoms with Crippen LogP contribution >= 0.6 is 12.4 Å². The van der Waals surface area contributed by atoms with Crippen LogP contribution in [0.3, 0.4) is 0 Å². The highest BCUT2D eigenvalue weighted by Gasteiger charge is 2.15. The highest BCUT2D eigenvalue weighted by Crippen LogP contribution is 2.23. The van der Waals surface area contributed by atoms with Gasteiger partial charge in [0.25, 0.3) is 0 Å². The molecule has 0 aliphatic carbocycles. The van der Waals surface area contributed by atoms with E-state index in [0.717, 1.165) is 43.9 Å². The third-order valence-electron chi connectivity index (χ3n) is 2.91. The molecule has 4 heteroatoms. The molecule has 0 bridgehead atoms. The van der Waals surface area contributed by atoms with E-state index >= 15 is 0 Å². The van der Waals surface area contributed by atoms with Gasteiger partial charge in [-0.15, -0.1) is 12.4 Å². The number of hydrogen-bond donors (Lipinski definition) is 1. The first kappa shape index (κ1) is 13.3. The minimum Gasteiger partial charge on any atom is -0.369 e. The van der Waals surface area contributed by atoms with Gasteiger partial charge in [0.15, 0.2) is 0 Å². The molecule has 1 aliphatic rings. The summed E-state index contributed by atoms with van der Waals surface area (Å²) >= 11 is 0. The lowest BCUT2D eigenvalue weighted by Gasteiger charge is -2.31. The maximum absolute atomic E-state index is 13.6. The molecule has 1 fully saturated rings. The zero-order valence-corrected chi connectivity index (χ0v) is 10.3. The predicted molar refractivity (Wildman–Crippen MR) is 68.1 cm³/mol. The molecule has 2 rings (SSSR count). The first-order chi connectivity index (χ1) is 7.33. The maximum Gasteiger partial charge on any atom is 0.128 e. The lowest BCUT2D eigenvalue weighted by Crippen LogP contribution is -2.43.